The summed E-state index contributed by atoms with van der Waals surface area (Å²) in [4.78, 5) is 33.0. The van der Waals surface area contributed by atoms with Gasteiger partial charge in [-0.25, -0.2) is 9.36 Å². The highest BCUT2D eigenvalue weighted by Gasteiger charge is 2.14. The fraction of sp³-hybridized carbons (Fsp3) is 0.389. The minimum Gasteiger partial charge on any atom is -0.493 e. The van der Waals surface area contributed by atoms with Crippen LogP contribution in [-0.4, -0.2) is 65.0 Å². The maximum atomic E-state index is 12.2. The van der Waals surface area contributed by atoms with Crippen molar-refractivity contribution in [1.82, 2.24) is 19.8 Å². The van der Waals surface area contributed by atoms with Crippen molar-refractivity contribution in [1.29, 1.82) is 0 Å². The quantitative estimate of drug-likeness (QED) is 0.647. The van der Waals surface area contributed by atoms with Gasteiger partial charge in [-0.05, 0) is 24.6 Å². The van der Waals surface area contributed by atoms with E-state index in [0.29, 0.717) is 12.2 Å². The van der Waals surface area contributed by atoms with Gasteiger partial charge in [0.05, 0.1) is 12.2 Å². The fourth-order valence-electron chi connectivity index (χ4n) is 2.95. The first-order chi connectivity index (χ1) is 12.6. The number of hydrogen-bond donors (Lipinski definition) is 3. The minimum atomic E-state index is -0.684. The Morgan fingerprint density at radius 3 is 2.77 bits per heavy atom. The molecule has 138 valence electrons. The molecule has 0 aliphatic carbocycles. The zero-order valence-corrected chi connectivity index (χ0v) is 14.7. The molecule has 1 aliphatic rings. The zero-order valence-electron chi connectivity index (χ0n) is 14.7. The van der Waals surface area contributed by atoms with E-state index in [9.17, 15) is 14.7 Å². The lowest BCUT2D eigenvalue weighted by Crippen LogP contribution is -2.44. The summed E-state index contributed by atoms with van der Waals surface area (Å²) in [7, 11) is 0. The van der Waals surface area contributed by atoms with Crippen LogP contribution in [-0.2, 0) is 0 Å². The summed E-state index contributed by atoms with van der Waals surface area (Å²) >= 11 is 0. The zero-order chi connectivity index (χ0) is 18.5. The van der Waals surface area contributed by atoms with Gasteiger partial charge in [0.2, 0.25) is 5.88 Å². The maximum Gasteiger partial charge on any atom is 0.335 e. The summed E-state index contributed by atoms with van der Waals surface area (Å²) in [6.45, 7) is 7.06. The summed E-state index contributed by atoms with van der Waals surface area (Å²) in [6.07, 6.45) is 1.34. The Morgan fingerprint density at radius 2 is 2.04 bits per heavy atom. The van der Waals surface area contributed by atoms with Gasteiger partial charge in [0.15, 0.2) is 0 Å². The Morgan fingerprint density at radius 1 is 1.27 bits per heavy atom. The van der Waals surface area contributed by atoms with Gasteiger partial charge >= 0.3 is 5.69 Å². The smallest absolute Gasteiger partial charge is 0.335 e. The van der Waals surface area contributed by atoms with E-state index in [0.717, 1.165) is 42.9 Å². The van der Waals surface area contributed by atoms with Crippen LogP contribution in [0.1, 0.15) is 11.1 Å². The van der Waals surface area contributed by atoms with Crippen LogP contribution in [0.25, 0.3) is 5.69 Å². The maximum absolute atomic E-state index is 12.2. The Balaban J connectivity index is 1.83. The molecule has 1 fully saturated rings. The SMILES string of the molecule is Cc1cccc(-n2c(O)c(C=NCCN3CCNCC3)c(=O)[nH]c2=O)c1. The number of aliphatic imine (C=N–C) groups is 1. The van der Waals surface area contributed by atoms with Crippen LogP contribution in [0, 0.1) is 6.92 Å². The Bertz CT molecular complexity index is 910. The normalized spacial score (nSPS) is 15.6. The molecule has 0 saturated carbocycles. The molecule has 0 amide bonds. The molecule has 3 rings (SSSR count). The molecule has 0 bridgehead atoms. The molecule has 8 heteroatoms. The number of nitrogens with zero attached hydrogens (tertiary/aromatic N) is 3. The highest BCUT2D eigenvalue weighted by Crippen LogP contribution is 2.16. The number of rotatable bonds is 5. The molecule has 0 spiro atoms. The molecule has 3 N–H and O–H groups in total. The van der Waals surface area contributed by atoms with Gasteiger partial charge in [-0.2, -0.15) is 0 Å². The van der Waals surface area contributed by atoms with Crippen molar-refractivity contribution in [2.24, 2.45) is 4.99 Å². The fourth-order valence-corrected chi connectivity index (χ4v) is 2.95. The van der Waals surface area contributed by atoms with Crippen molar-refractivity contribution in [3.63, 3.8) is 0 Å². The average Bonchev–Trinajstić information content (AvgIpc) is 2.61. The topological polar surface area (TPSA) is 103 Å². The van der Waals surface area contributed by atoms with Gasteiger partial charge in [-0.15, -0.1) is 0 Å². The summed E-state index contributed by atoms with van der Waals surface area (Å²) in [5.41, 5.74) is 0.0651. The number of aryl methyl sites for hydroxylation is 1. The largest absolute Gasteiger partial charge is 0.493 e. The van der Waals surface area contributed by atoms with Crippen LogP contribution >= 0.6 is 0 Å². The van der Waals surface area contributed by atoms with Gasteiger partial charge in [0.1, 0.15) is 5.56 Å². The van der Waals surface area contributed by atoms with Crippen LogP contribution in [0.15, 0.2) is 38.8 Å². The molecule has 1 aromatic carbocycles. The number of nitrogens with one attached hydrogen (secondary N) is 2. The first-order valence-electron chi connectivity index (χ1n) is 8.64. The van der Waals surface area contributed by atoms with Gasteiger partial charge in [-0.3, -0.25) is 19.7 Å². The van der Waals surface area contributed by atoms with Crippen LogP contribution in [0.4, 0.5) is 0 Å². The van der Waals surface area contributed by atoms with Crippen molar-refractivity contribution < 1.29 is 5.11 Å². The monoisotopic (exact) mass is 357 g/mol. The number of aromatic nitrogens is 2. The van der Waals surface area contributed by atoms with Gasteiger partial charge in [0.25, 0.3) is 5.56 Å². The molecule has 0 radical (unpaired) electrons. The van der Waals surface area contributed by atoms with Gasteiger partial charge in [-0.1, -0.05) is 12.1 Å². The molecular formula is C18H23N5O3. The van der Waals surface area contributed by atoms with Crippen molar-refractivity contribution in [2.75, 3.05) is 39.3 Å². The van der Waals surface area contributed by atoms with E-state index in [4.69, 9.17) is 0 Å². The summed E-state index contributed by atoms with van der Waals surface area (Å²) in [6, 6.07) is 7.11. The second-order valence-corrected chi connectivity index (χ2v) is 6.30. The molecule has 2 aromatic rings. The predicted octanol–water partition coefficient (Wildman–Crippen LogP) is -0.136. The Kier molecular flexibility index (Phi) is 5.65. The summed E-state index contributed by atoms with van der Waals surface area (Å²) in [5.74, 6) is -0.407. The Hall–Kier alpha value is -2.71. The molecule has 26 heavy (non-hydrogen) atoms. The van der Waals surface area contributed by atoms with E-state index in [1.165, 1.54) is 6.21 Å². The van der Waals surface area contributed by atoms with E-state index < -0.39 is 17.1 Å². The molecule has 1 aliphatic heterocycles. The van der Waals surface area contributed by atoms with E-state index in [2.05, 4.69) is 20.2 Å². The molecular weight excluding hydrogens is 334 g/mol. The highest BCUT2D eigenvalue weighted by molar-refractivity contribution is 5.82. The number of H-pyrrole nitrogens is 1. The first-order valence-corrected chi connectivity index (χ1v) is 8.64. The number of benzene rings is 1. The lowest BCUT2D eigenvalue weighted by Gasteiger charge is -2.26. The van der Waals surface area contributed by atoms with E-state index in [-0.39, 0.29) is 5.56 Å². The van der Waals surface area contributed by atoms with Gasteiger partial charge in [0, 0.05) is 38.9 Å². The number of hydrogen-bond acceptors (Lipinski definition) is 6. The number of aromatic hydroxyl groups is 1. The summed E-state index contributed by atoms with van der Waals surface area (Å²) in [5, 5.41) is 13.8. The summed E-state index contributed by atoms with van der Waals surface area (Å²) < 4.78 is 1.08. The first kappa shape index (κ1) is 18.1. The number of aromatic amines is 1. The third-order valence-electron chi connectivity index (χ3n) is 4.36. The van der Waals surface area contributed by atoms with Crippen molar-refractivity contribution in [2.45, 2.75) is 6.92 Å². The Labute approximate surface area is 150 Å². The molecule has 0 atom stereocenters. The standard InChI is InChI=1S/C18H23N5O3/c1-13-3-2-4-14(11-13)23-17(25)15(16(24)21-18(23)26)12-20-7-10-22-8-5-19-6-9-22/h2-4,11-12,19,25H,5-10H2,1H3,(H,21,24,26). The molecule has 1 saturated heterocycles. The van der Waals surface area contributed by atoms with E-state index in [1.54, 1.807) is 18.2 Å². The lowest BCUT2D eigenvalue weighted by molar-refractivity contribution is 0.248. The highest BCUT2D eigenvalue weighted by atomic mass is 16.3. The minimum absolute atomic E-state index is 0.0218. The average molecular weight is 357 g/mol. The van der Waals surface area contributed by atoms with Crippen LogP contribution in [0.2, 0.25) is 0 Å². The van der Waals surface area contributed by atoms with E-state index in [1.807, 2.05) is 13.0 Å². The van der Waals surface area contributed by atoms with Gasteiger partial charge < -0.3 is 10.4 Å². The predicted molar refractivity (Wildman–Crippen MR) is 101 cm³/mol. The molecule has 0 unspecified atom stereocenters. The molecule has 1 aromatic heterocycles. The lowest BCUT2D eigenvalue weighted by atomic mass is 10.2. The third-order valence-corrected chi connectivity index (χ3v) is 4.36. The van der Waals surface area contributed by atoms with Crippen LogP contribution < -0.4 is 16.6 Å². The molecule has 2 heterocycles. The van der Waals surface area contributed by atoms with Crippen LogP contribution in [0.5, 0.6) is 5.88 Å². The van der Waals surface area contributed by atoms with Crippen LogP contribution in [0.3, 0.4) is 0 Å². The second-order valence-electron chi connectivity index (χ2n) is 6.30. The molecule has 8 nitrogen and oxygen atoms in total. The van der Waals surface area contributed by atoms with Crippen molar-refractivity contribution in [3.8, 4) is 11.6 Å². The third kappa shape index (κ3) is 4.09. The van der Waals surface area contributed by atoms with Crippen molar-refractivity contribution >= 4 is 6.21 Å². The van der Waals surface area contributed by atoms with Crippen molar-refractivity contribution in [3.05, 3.63) is 56.2 Å². The number of piperazine rings is 1. The van der Waals surface area contributed by atoms with E-state index >= 15 is 0 Å². The second kappa shape index (κ2) is 8.11.